The van der Waals surface area contributed by atoms with Crippen molar-refractivity contribution >= 4 is 11.6 Å². The van der Waals surface area contributed by atoms with Gasteiger partial charge >= 0.3 is 0 Å². The van der Waals surface area contributed by atoms with Crippen LogP contribution < -0.4 is 0 Å². The molecule has 5 heteroatoms. The second-order valence-corrected chi connectivity index (χ2v) is 7.49. The van der Waals surface area contributed by atoms with Gasteiger partial charge in [-0.25, -0.2) is 0 Å². The Morgan fingerprint density at radius 2 is 2.08 bits per heavy atom. The number of rotatable bonds is 4. The first-order chi connectivity index (χ1) is 12.7. The monoisotopic (exact) mass is 366 g/mol. The average Bonchev–Trinajstić information content (AvgIpc) is 3.07. The Morgan fingerprint density at radius 3 is 2.88 bits per heavy atom. The standard InChI is InChI=1S/C21H23ClN4/c1-25-13-16(12-23-25)14-26-10-4-6-18(15-26)21-9-3-8-20(24-21)17-5-2-7-19(22)11-17/h2-3,5,7-9,11-13,18H,4,6,10,14-15H2,1H3. The van der Waals surface area contributed by atoms with E-state index in [1.807, 2.05) is 36.1 Å². The Hall–Kier alpha value is -2.17. The smallest absolute Gasteiger partial charge is 0.0705 e. The molecule has 3 heterocycles. The molecular weight excluding hydrogens is 344 g/mol. The molecule has 1 aromatic carbocycles. The van der Waals surface area contributed by atoms with E-state index < -0.39 is 0 Å². The van der Waals surface area contributed by atoms with Crippen molar-refractivity contribution in [3.8, 4) is 11.3 Å². The molecule has 0 bridgehead atoms. The predicted octanol–water partition coefficient (Wildman–Crippen LogP) is 4.52. The van der Waals surface area contributed by atoms with Gasteiger partial charge in [-0.05, 0) is 43.7 Å². The average molecular weight is 367 g/mol. The van der Waals surface area contributed by atoms with Gasteiger partial charge in [-0.15, -0.1) is 0 Å². The molecule has 4 nitrogen and oxygen atoms in total. The van der Waals surface area contributed by atoms with Crippen molar-refractivity contribution in [1.29, 1.82) is 0 Å². The Bertz CT molecular complexity index is 889. The molecule has 26 heavy (non-hydrogen) atoms. The van der Waals surface area contributed by atoms with Gasteiger partial charge in [0, 0.05) is 54.1 Å². The number of hydrogen-bond donors (Lipinski definition) is 0. The quantitative estimate of drug-likeness (QED) is 0.681. The summed E-state index contributed by atoms with van der Waals surface area (Å²) in [5.41, 5.74) is 4.52. The third kappa shape index (κ3) is 3.97. The SMILES string of the molecule is Cn1cc(CN2CCCC(c3cccc(-c4cccc(Cl)c4)n3)C2)cn1. The van der Waals surface area contributed by atoms with Crippen LogP contribution in [0.15, 0.2) is 54.9 Å². The number of benzene rings is 1. The van der Waals surface area contributed by atoms with Crippen LogP contribution in [0.2, 0.25) is 5.02 Å². The fourth-order valence-corrected chi connectivity index (χ4v) is 3.93. The summed E-state index contributed by atoms with van der Waals surface area (Å²) in [6.07, 6.45) is 6.45. The summed E-state index contributed by atoms with van der Waals surface area (Å²) in [4.78, 5) is 7.46. The van der Waals surface area contributed by atoms with E-state index >= 15 is 0 Å². The molecule has 1 fully saturated rings. The number of likely N-dealkylation sites (tertiary alicyclic amines) is 1. The van der Waals surface area contributed by atoms with Gasteiger partial charge in [-0.2, -0.15) is 5.10 Å². The molecule has 1 atom stereocenters. The van der Waals surface area contributed by atoms with E-state index in [0.717, 1.165) is 35.9 Å². The van der Waals surface area contributed by atoms with Crippen molar-refractivity contribution in [2.45, 2.75) is 25.3 Å². The molecule has 0 N–H and O–H groups in total. The van der Waals surface area contributed by atoms with E-state index in [9.17, 15) is 0 Å². The summed E-state index contributed by atoms with van der Waals surface area (Å²) in [6.45, 7) is 3.14. The van der Waals surface area contributed by atoms with E-state index in [-0.39, 0.29) is 0 Å². The maximum Gasteiger partial charge on any atom is 0.0705 e. The number of pyridine rings is 1. The lowest BCUT2D eigenvalue weighted by Gasteiger charge is -2.32. The van der Waals surface area contributed by atoms with Crippen LogP contribution in [0, 0.1) is 0 Å². The van der Waals surface area contributed by atoms with Gasteiger partial charge in [-0.1, -0.05) is 29.8 Å². The van der Waals surface area contributed by atoms with E-state index in [2.05, 4.69) is 40.5 Å². The number of halogens is 1. The van der Waals surface area contributed by atoms with Crippen LogP contribution in [0.1, 0.15) is 30.0 Å². The van der Waals surface area contributed by atoms with E-state index in [1.165, 1.54) is 24.1 Å². The zero-order chi connectivity index (χ0) is 17.9. The van der Waals surface area contributed by atoms with Crippen LogP contribution in [0.4, 0.5) is 0 Å². The van der Waals surface area contributed by atoms with Crippen LogP contribution in [-0.2, 0) is 13.6 Å². The molecule has 1 aliphatic heterocycles. The molecule has 1 saturated heterocycles. The minimum absolute atomic E-state index is 0.472. The molecule has 1 aliphatic rings. The largest absolute Gasteiger partial charge is 0.298 e. The maximum atomic E-state index is 6.14. The van der Waals surface area contributed by atoms with Crippen LogP contribution >= 0.6 is 11.6 Å². The fraction of sp³-hybridized carbons (Fsp3) is 0.333. The van der Waals surface area contributed by atoms with Crippen molar-refractivity contribution in [1.82, 2.24) is 19.7 Å². The number of aromatic nitrogens is 3. The van der Waals surface area contributed by atoms with Crippen LogP contribution in [0.25, 0.3) is 11.3 Å². The van der Waals surface area contributed by atoms with Gasteiger partial charge in [-0.3, -0.25) is 14.6 Å². The van der Waals surface area contributed by atoms with Gasteiger partial charge < -0.3 is 0 Å². The Labute approximate surface area is 159 Å². The maximum absolute atomic E-state index is 6.14. The lowest BCUT2D eigenvalue weighted by atomic mass is 9.93. The minimum Gasteiger partial charge on any atom is -0.298 e. The zero-order valence-electron chi connectivity index (χ0n) is 15.0. The van der Waals surface area contributed by atoms with Gasteiger partial charge in [0.2, 0.25) is 0 Å². The molecule has 4 rings (SSSR count). The highest BCUT2D eigenvalue weighted by Gasteiger charge is 2.23. The molecule has 0 amide bonds. The van der Waals surface area contributed by atoms with Crippen molar-refractivity contribution < 1.29 is 0 Å². The highest BCUT2D eigenvalue weighted by molar-refractivity contribution is 6.30. The molecule has 2 aromatic heterocycles. The van der Waals surface area contributed by atoms with E-state index in [4.69, 9.17) is 16.6 Å². The fourth-order valence-electron chi connectivity index (χ4n) is 3.74. The molecule has 0 saturated carbocycles. The number of piperidine rings is 1. The van der Waals surface area contributed by atoms with Gasteiger partial charge in [0.05, 0.1) is 11.9 Å². The molecule has 1 unspecified atom stereocenters. The molecule has 0 spiro atoms. The van der Waals surface area contributed by atoms with Crippen molar-refractivity contribution in [2.75, 3.05) is 13.1 Å². The van der Waals surface area contributed by atoms with Gasteiger partial charge in [0.25, 0.3) is 0 Å². The first-order valence-corrected chi connectivity index (χ1v) is 9.48. The summed E-state index contributed by atoms with van der Waals surface area (Å²) in [5, 5.41) is 5.02. The summed E-state index contributed by atoms with van der Waals surface area (Å²) in [7, 11) is 1.97. The van der Waals surface area contributed by atoms with Crippen molar-refractivity contribution in [2.24, 2.45) is 7.05 Å². The first-order valence-electron chi connectivity index (χ1n) is 9.10. The summed E-state index contributed by atoms with van der Waals surface area (Å²) in [5.74, 6) is 0.472. The third-order valence-electron chi connectivity index (χ3n) is 4.98. The molecule has 134 valence electrons. The van der Waals surface area contributed by atoms with E-state index in [1.54, 1.807) is 0 Å². The highest BCUT2D eigenvalue weighted by Crippen LogP contribution is 2.29. The zero-order valence-corrected chi connectivity index (χ0v) is 15.7. The molecular formula is C21H23ClN4. The third-order valence-corrected chi connectivity index (χ3v) is 5.21. The van der Waals surface area contributed by atoms with E-state index in [0.29, 0.717) is 5.92 Å². The van der Waals surface area contributed by atoms with Crippen LogP contribution in [0.3, 0.4) is 0 Å². The van der Waals surface area contributed by atoms with Crippen LogP contribution in [-0.4, -0.2) is 32.8 Å². The minimum atomic E-state index is 0.472. The second kappa shape index (κ2) is 7.60. The Morgan fingerprint density at radius 1 is 1.19 bits per heavy atom. The lowest BCUT2D eigenvalue weighted by Crippen LogP contribution is -2.34. The summed E-state index contributed by atoms with van der Waals surface area (Å²) >= 11 is 6.14. The van der Waals surface area contributed by atoms with Crippen LogP contribution in [0.5, 0.6) is 0 Å². The number of nitrogens with zero attached hydrogens (tertiary/aromatic N) is 4. The van der Waals surface area contributed by atoms with Gasteiger partial charge in [0.15, 0.2) is 0 Å². The Kier molecular flexibility index (Phi) is 5.05. The normalized spacial score (nSPS) is 18.2. The lowest BCUT2D eigenvalue weighted by molar-refractivity contribution is 0.198. The molecule has 3 aromatic rings. The van der Waals surface area contributed by atoms with Crippen molar-refractivity contribution in [3.63, 3.8) is 0 Å². The number of aryl methyl sites for hydroxylation is 1. The molecule has 0 radical (unpaired) electrons. The predicted molar refractivity (Wildman–Crippen MR) is 105 cm³/mol. The van der Waals surface area contributed by atoms with Gasteiger partial charge in [0.1, 0.15) is 0 Å². The highest BCUT2D eigenvalue weighted by atomic mass is 35.5. The molecule has 0 aliphatic carbocycles. The summed E-state index contributed by atoms with van der Waals surface area (Å²) in [6, 6.07) is 14.2. The topological polar surface area (TPSA) is 34.0 Å². The second-order valence-electron chi connectivity index (χ2n) is 7.05. The summed E-state index contributed by atoms with van der Waals surface area (Å²) < 4.78 is 1.87. The first kappa shape index (κ1) is 17.3. The number of hydrogen-bond acceptors (Lipinski definition) is 3. The Balaban J connectivity index is 1.50. The van der Waals surface area contributed by atoms with Crippen molar-refractivity contribution in [3.05, 3.63) is 71.1 Å².